The van der Waals surface area contributed by atoms with Crippen molar-refractivity contribution in [3.05, 3.63) is 64.4 Å². The second-order valence-electron chi connectivity index (χ2n) is 5.29. The molecule has 0 aliphatic carbocycles. The smallest absolute Gasteiger partial charge is 0.279 e. The minimum Gasteiger partial charge on any atom is -0.326 e. The summed E-state index contributed by atoms with van der Waals surface area (Å²) in [5.41, 5.74) is 1.56. The van der Waals surface area contributed by atoms with Gasteiger partial charge >= 0.3 is 0 Å². The Balaban J connectivity index is 1.97. The number of nitrogens with one attached hydrogen (secondary N) is 2. The van der Waals surface area contributed by atoms with Crippen LogP contribution in [0.3, 0.4) is 0 Å². The average molecular weight is 333 g/mol. The lowest BCUT2D eigenvalue weighted by molar-refractivity contribution is -0.885. The Kier molecular flexibility index (Phi) is 5.69. The van der Waals surface area contributed by atoms with E-state index in [4.69, 9.17) is 16.9 Å². The zero-order valence-electron chi connectivity index (χ0n) is 12.6. The van der Waals surface area contributed by atoms with Crippen molar-refractivity contribution in [3.8, 4) is 6.07 Å². The van der Waals surface area contributed by atoms with Gasteiger partial charge < -0.3 is 10.2 Å². The largest absolute Gasteiger partial charge is 0.326 e. The van der Waals surface area contributed by atoms with E-state index in [-0.39, 0.29) is 18.3 Å². The van der Waals surface area contributed by atoms with Crippen molar-refractivity contribution in [2.75, 3.05) is 18.9 Å². The predicted molar refractivity (Wildman–Crippen MR) is 86.7 cm³/mol. The van der Waals surface area contributed by atoms with Gasteiger partial charge in [0.1, 0.15) is 18.4 Å². The first-order chi connectivity index (χ1) is 11.0. The molecule has 4 nitrogen and oxygen atoms in total. The average Bonchev–Trinajstić information content (AvgIpc) is 2.47. The molecule has 1 atom stereocenters. The van der Waals surface area contributed by atoms with E-state index in [0.29, 0.717) is 22.8 Å². The molecule has 118 valence electrons. The summed E-state index contributed by atoms with van der Waals surface area (Å²) in [6.07, 6.45) is 0. The summed E-state index contributed by atoms with van der Waals surface area (Å²) in [5.74, 6) is -0.532. The summed E-state index contributed by atoms with van der Waals surface area (Å²) < 4.78 is 13.2. The molecule has 0 heterocycles. The Labute approximate surface area is 139 Å². The fourth-order valence-electron chi connectivity index (χ4n) is 2.24. The molecule has 0 aromatic heterocycles. The van der Waals surface area contributed by atoms with E-state index in [1.165, 1.54) is 12.1 Å². The highest BCUT2D eigenvalue weighted by Gasteiger charge is 2.13. The molecule has 1 amide bonds. The van der Waals surface area contributed by atoms with Crippen LogP contribution in [0.15, 0.2) is 42.5 Å². The topological polar surface area (TPSA) is 57.3 Å². The number of hydrogen-bond donors (Lipinski definition) is 2. The highest BCUT2D eigenvalue weighted by atomic mass is 35.5. The molecule has 0 fully saturated rings. The van der Waals surface area contributed by atoms with Gasteiger partial charge in [-0.1, -0.05) is 23.7 Å². The number of amides is 1. The van der Waals surface area contributed by atoms with Crippen molar-refractivity contribution in [3.63, 3.8) is 0 Å². The third-order valence-corrected chi connectivity index (χ3v) is 3.47. The number of carbonyl (C=O) groups is 1. The molecule has 23 heavy (non-hydrogen) atoms. The fourth-order valence-corrected chi connectivity index (χ4v) is 2.42. The monoisotopic (exact) mass is 332 g/mol. The summed E-state index contributed by atoms with van der Waals surface area (Å²) in [4.78, 5) is 13.0. The van der Waals surface area contributed by atoms with Gasteiger partial charge in [0.05, 0.1) is 18.3 Å². The second-order valence-corrected chi connectivity index (χ2v) is 5.73. The van der Waals surface area contributed by atoms with Crippen LogP contribution in [0.5, 0.6) is 0 Å². The maximum Gasteiger partial charge on any atom is 0.279 e. The number of nitriles is 1. The zero-order valence-corrected chi connectivity index (χ0v) is 13.3. The Morgan fingerprint density at radius 2 is 2.13 bits per heavy atom. The van der Waals surface area contributed by atoms with Gasteiger partial charge in [-0.05, 0) is 30.3 Å². The van der Waals surface area contributed by atoms with Crippen LogP contribution in [0, 0.1) is 17.1 Å². The van der Waals surface area contributed by atoms with Crippen molar-refractivity contribution in [1.82, 2.24) is 0 Å². The number of likely N-dealkylation sites (N-methyl/N-ethyl adjacent to an activating group) is 1. The van der Waals surface area contributed by atoms with Gasteiger partial charge in [0, 0.05) is 10.6 Å². The third-order valence-electron chi connectivity index (χ3n) is 3.23. The molecule has 1 unspecified atom stereocenters. The Hall–Kier alpha value is -2.42. The Bertz CT molecular complexity index is 758. The van der Waals surface area contributed by atoms with E-state index in [9.17, 15) is 9.18 Å². The minimum absolute atomic E-state index is 0.188. The molecule has 2 aromatic rings. The van der Waals surface area contributed by atoms with E-state index >= 15 is 0 Å². The van der Waals surface area contributed by atoms with Crippen molar-refractivity contribution >= 4 is 23.2 Å². The van der Waals surface area contributed by atoms with Crippen LogP contribution in [0.1, 0.15) is 11.1 Å². The van der Waals surface area contributed by atoms with E-state index in [1.807, 2.05) is 19.2 Å². The molecule has 0 spiro atoms. The molecule has 0 saturated heterocycles. The van der Waals surface area contributed by atoms with E-state index in [2.05, 4.69) is 5.32 Å². The lowest BCUT2D eigenvalue weighted by Crippen LogP contribution is -3.08. The lowest BCUT2D eigenvalue weighted by Gasteiger charge is -2.14. The third kappa shape index (κ3) is 5.06. The molecular formula is C17H16ClFN3O+. The van der Waals surface area contributed by atoms with Crippen LogP contribution in [-0.2, 0) is 11.3 Å². The van der Waals surface area contributed by atoms with E-state index in [1.54, 1.807) is 24.3 Å². The molecule has 2 N–H and O–H groups in total. The molecule has 0 aliphatic rings. The van der Waals surface area contributed by atoms with Gasteiger partial charge in [0.2, 0.25) is 0 Å². The summed E-state index contributed by atoms with van der Waals surface area (Å²) in [6.45, 7) is 0.708. The van der Waals surface area contributed by atoms with Crippen LogP contribution in [0.2, 0.25) is 5.02 Å². The number of carbonyl (C=O) groups excluding carboxylic acids is 1. The minimum atomic E-state index is -0.294. The first-order valence-electron chi connectivity index (χ1n) is 7.03. The molecule has 2 rings (SSSR count). The van der Waals surface area contributed by atoms with Crippen LogP contribution in [0.25, 0.3) is 0 Å². The van der Waals surface area contributed by atoms with Crippen molar-refractivity contribution in [2.45, 2.75) is 6.54 Å². The summed E-state index contributed by atoms with van der Waals surface area (Å²) in [7, 11) is 1.84. The SMILES string of the molecule is C[NH+](CC(=O)Nc1cc(Cl)ccc1C#N)Cc1cccc(F)c1. The quantitative estimate of drug-likeness (QED) is 0.880. The second kappa shape index (κ2) is 7.73. The number of hydrogen-bond acceptors (Lipinski definition) is 2. The maximum absolute atomic E-state index is 13.2. The Morgan fingerprint density at radius 1 is 1.35 bits per heavy atom. The van der Waals surface area contributed by atoms with Crippen LogP contribution in [-0.4, -0.2) is 19.5 Å². The Morgan fingerprint density at radius 3 is 2.83 bits per heavy atom. The van der Waals surface area contributed by atoms with Gasteiger partial charge in [-0.3, -0.25) is 4.79 Å². The number of benzene rings is 2. The van der Waals surface area contributed by atoms with Gasteiger partial charge in [-0.15, -0.1) is 0 Å². The van der Waals surface area contributed by atoms with Crippen LogP contribution in [0.4, 0.5) is 10.1 Å². The fraction of sp³-hybridized carbons (Fsp3) is 0.176. The van der Waals surface area contributed by atoms with Gasteiger partial charge in [-0.2, -0.15) is 5.26 Å². The zero-order chi connectivity index (χ0) is 16.8. The first-order valence-corrected chi connectivity index (χ1v) is 7.41. The standard InChI is InChI=1S/C17H15ClFN3O/c1-22(10-12-3-2-4-15(19)7-12)11-17(23)21-16-8-14(18)6-5-13(16)9-20/h2-8H,10-11H2,1H3,(H,21,23)/p+1. The van der Waals surface area contributed by atoms with Crippen molar-refractivity contribution < 1.29 is 14.1 Å². The maximum atomic E-state index is 13.2. The van der Waals surface area contributed by atoms with Crippen LogP contribution < -0.4 is 10.2 Å². The van der Waals surface area contributed by atoms with Gasteiger partial charge in [0.25, 0.3) is 5.91 Å². The molecule has 0 aliphatic heterocycles. The van der Waals surface area contributed by atoms with Gasteiger partial charge in [-0.25, -0.2) is 4.39 Å². The van der Waals surface area contributed by atoms with Crippen LogP contribution >= 0.6 is 11.6 Å². The molecule has 2 aromatic carbocycles. The lowest BCUT2D eigenvalue weighted by atomic mass is 10.2. The summed E-state index contributed by atoms with van der Waals surface area (Å²) in [6, 6.07) is 13.0. The molecular weight excluding hydrogens is 317 g/mol. The van der Waals surface area contributed by atoms with Crippen molar-refractivity contribution in [2.24, 2.45) is 0 Å². The molecule has 6 heteroatoms. The van der Waals surface area contributed by atoms with E-state index in [0.717, 1.165) is 10.5 Å². The highest BCUT2D eigenvalue weighted by Crippen LogP contribution is 2.20. The van der Waals surface area contributed by atoms with E-state index < -0.39 is 0 Å². The summed E-state index contributed by atoms with van der Waals surface area (Å²) in [5, 5.41) is 12.2. The number of nitrogens with zero attached hydrogens (tertiary/aromatic N) is 1. The number of anilines is 1. The van der Waals surface area contributed by atoms with Crippen molar-refractivity contribution in [1.29, 1.82) is 5.26 Å². The normalized spacial score (nSPS) is 11.6. The predicted octanol–water partition coefficient (Wildman–Crippen LogP) is 2.00. The molecule has 0 bridgehead atoms. The number of quaternary nitrogens is 1. The van der Waals surface area contributed by atoms with Gasteiger partial charge in [0.15, 0.2) is 6.54 Å². The molecule has 0 radical (unpaired) electrons. The number of halogens is 2. The summed E-state index contributed by atoms with van der Waals surface area (Å²) >= 11 is 5.88. The highest BCUT2D eigenvalue weighted by molar-refractivity contribution is 6.31. The molecule has 0 saturated carbocycles. The number of rotatable bonds is 5. The first kappa shape index (κ1) is 16.9.